The van der Waals surface area contributed by atoms with E-state index in [1.165, 1.54) is 30.3 Å². The molecule has 0 unspecified atom stereocenters. The Balaban J connectivity index is 0.000000277. The fourth-order valence-corrected chi connectivity index (χ4v) is 1.93. The van der Waals surface area contributed by atoms with E-state index in [1.54, 1.807) is 18.2 Å². The standard InChI is InChI=1S/C8H7F3O3S.C6H4N2O4/c9-8(10,11)15(12,13)14-6-7-4-2-1-3-5-7;9-7(10)5-2-1-3-6(4-5)8(11)12/h1-5H,6H2;1-4H. The first kappa shape index (κ1) is 22.0. The average Bonchev–Trinajstić information content (AvgIpc) is 2.60. The van der Waals surface area contributed by atoms with Gasteiger partial charge in [0.25, 0.3) is 11.4 Å². The maximum absolute atomic E-state index is 11.8. The Morgan fingerprint density at radius 3 is 1.78 bits per heavy atom. The first-order chi connectivity index (χ1) is 12.4. The molecule has 0 saturated carbocycles. The number of nitrogens with zero attached hydrogens (tertiary/aromatic N) is 2. The summed E-state index contributed by atoms with van der Waals surface area (Å²) in [6.45, 7) is -0.622. The topological polar surface area (TPSA) is 130 Å². The van der Waals surface area contributed by atoms with Crippen LogP contribution in [-0.4, -0.2) is 23.8 Å². The summed E-state index contributed by atoms with van der Waals surface area (Å²) in [5, 5.41) is 20.3. The molecular formula is C14H11F3N2O7S. The van der Waals surface area contributed by atoms with E-state index < -0.39 is 32.1 Å². The second-order valence-electron chi connectivity index (χ2n) is 4.68. The molecule has 27 heavy (non-hydrogen) atoms. The minimum Gasteiger partial charge on any atom is -0.258 e. The number of hydrogen-bond acceptors (Lipinski definition) is 7. The van der Waals surface area contributed by atoms with Gasteiger partial charge in [0.1, 0.15) is 0 Å². The molecule has 0 aliphatic rings. The number of alkyl halides is 3. The van der Waals surface area contributed by atoms with Gasteiger partial charge in [-0.25, -0.2) is 0 Å². The molecule has 0 aliphatic carbocycles. The maximum atomic E-state index is 11.8. The Kier molecular flexibility index (Phi) is 7.36. The van der Waals surface area contributed by atoms with E-state index in [0.717, 1.165) is 6.07 Å². The van der Waals surface area contributed by atoms with Gasteiger partial charge in [-0.2, -0.15) is 21.6 Å². The fourth-order valence-electron chi connectivity index (χ4n) is 1.51. The highest BCUT2D eigenvalue weighted by Gasteiger charge is 2.47. The molecule has 0 aliphatic heterocycles. The molecule has 0 amide bonds. The van der Waals surface area contributed by atoms with Crippen LogP contribution in [-0.2, 0) is 20.9 Å². The predicted octanol–water partition coefficient (Wildman–Crippen LogP) is 3.56. The van der Waals surface area contributed by atoms with Crippen molar-refractivity contribution in [3.8, 4) is 0 Å². The van der Waals surface area contributed by atoms with Crippen molar-refractivity contribution in [2.45, 2.75) is 12.1 Å². The van der Waals surface area contributed by atoms with E-state index in [1.807, 2.05) is 0 Å². The molecule has 2 aromatic rings. The molecule has 0 heterocycles. The molecule has 2 rings (SSSR count). The van der Waals surface area contributed by atoms with E-state index >= 15 is 0 Å². The van der Waals surface area contributed by atoms with Crippen LogP contribution >= 0.6 is 0 Å². The summed E-state index contributed by atoms with van der Waals surface area (Å²) < 4.78 is 60.3. The van der Waals surface area contributed by atoms with Crippen molar-refractivity contribution in [1.29, 1.82) is 0 Å². The Bertz CT molecular complexity index is 873. The van der Waals surface area contributed by atoms with Gasteiger partial charge in [-0.15, -0.1) is 0 Å². The highest BCUT2D eigenvalue weighted by atomic mass is 32.2. The molecule has 146 valence electrons. The number of halogens is 3. The summed E-state index contributed by atoms with van der Waals surface area (Å²) in [7, 11) is -5.50. The van der Waals surface area contributed by atoms with Crippen molar-refractivity contribution >= 4 is 21.5 Å². The van der Waals surface area contributed by atoms with Crippen LogP contribution in [0.5, 0.6) is 0 Å². The van der Waals surface area contributed by atoms with Crippen LogP contribution in [0.3, 0.4) is 0 Å². The molecule has 13 heteroatoms. The van der Waals surface area contributed by atoms with Crippen LogP contribution in [0.4, 0.5) is 24.5 Å². The van der Waals surface area contributed by atoms with Crippen molar-refractivity contribution in [3.05, 3.63) is 80.4 Å². The van der Waals surface area contributed by atoms with Gasteiger partial charge in [0.05, 0.1) is 22.5 Å². The van der Waals surface area contributed by atoms with E-state index in [4.69, 9.17) is 0 Å². The average molecular weight is 408 g/mol. The smallest absolute Gasteiger partial charge is 0.258 e. The summed E-state index contributed by atoms with van der Waals surface area (Å²) in [6.07, 6.45) is 0. The molecule has 0 aromatic heterocycles. The van der Waals surface area contributed by atoms with Crippen molar-refractivity contribution in [1.82, 2.24) is 0 Å². The van der Waals surface area contributed by atoms with Gasteiger partial charge in [0.15, 0.2) is 0 Å². The van der Waals surface area contributed by atoms with Gasteiger partial charge >= 0.3 is 15.6 Å². The molecule has 0 bridgehead atoms. The van der Waals surface area contributed by atoms with Crippen molar-refractivity contribution in [2.24, 2.45) is 0 Å². The van der Waals surface area contributed by atoms with Crippen molar-refractivity contribution in [3.63, 3.8) is 0 Å². The first-order valence-corrected chi connectivity index (χ1v) is 8.23. The Morgan fingerprint density at radius 1 is 0.889 bits per heavy atom. The normalized spacial score (nSPS) is 11.2. The summed E-state index contributed by atoms with van der Waals surface area (Å²) in [5.74, 6) is 0. The zero-order chi connectivity index (χ0) is 20.7. The quantitative estimate of drug-likeness (QED) is 0.320. The first-order valence-electron chi connectivity index (χ1n) is 6.82. The zero-order valence-electron chi connectivity index (χ0n) is 13.2. The summed E-state index contributed by atoms with van der Waals surface area (Å²) in [5.41, 5.74) is -5.57. The minimum atomic E-state index is -5.50. The van der Waals surface area contributed by atoms with Crippen molar-refractivity contribution in [2.75, 3.05) is 0 Å². The summed E-state index contributed by atoms with van der Waals surface area (Å²) in [4.78, 5) is 19.0. The minimum absolute atomic E-state index is 0.274. The van der Waals surface area contributed by atoms with E-state index in [0.29, 0.717) is 5.56 Å². The zero-order valence-corrected chi connectivity index (χ0v) is 14.0. The Labute approximate surface area is 150 Å². The highest BCUT2D eigenvalue weighted by Crippen LogP contribution is 2.25. The molecule has 0 radical (unpaired) electrons. The molecule has 0 saturated heterocycles. The predicted molar refractivity (Wildman–Crippen MR) is 86.0 cm³/mol. The van der Waals surface area contributed by atoms with Crippen LogP contribution in [0.25, 0.3) is 0 Å². The third-order valence-corrected chi connectivity index (χ3v) is 3.75. The van der Waals surface area contributed by atoms with Crippen LogP contribution in [0.15, 0.2) is 54.6 Å². The Morgan fingerprint density at radius 2 is 1.37 bits per heavy atom. The molecule has 0 spiro atoms. The van der Waals surface area contributed by atoms with Gasteiger partial charge in [-0.05, 0) is 11.6 Å². The van der Waals surface area contributed by atoms with E-state index in [-0.39, 0.29) is 11.4 Å². The summed E-state index contributed by atoms with van der Waals surface area (Å²) >= 11 is 0. The molecule has 0 fully saturated rings. The van der Waals surface area contributed by atoms with Crippen LogP contribution in [0.2, 0.25) is 0 Å². The van der Waals surface area contributed by atoms with E-state index in [9.17, 15) is 41.8 Å². The lowest BCUT2D eigenvalue weighted by molar-refractivity contribution is -0.394. The number of rotatable bonds is 5. The number of non-ortho nitro benzene ring substituents is 2. The monoisotopic (exact) mass is 408 g/mol. The maximum Gasteiger partial charge on any atom is 0.523 e. The third kappa shape index (κ3) is 6.99. The number of nitro benzene ring substituents is 2. The fraction of sp³-hybridized carbons (Fsp3) is 0.143. The second kappa shape index (κ2) is 9.05. The number of nitro groups is 2. The van der Waals surface area contributed by atoms with Gasteiger partial charge in [-0.3, -0.25) is 24.4 Å². The molecule has 0 atom stereocenters. The van der Waals surface area contributed by atoms with Gasteiger partial charge in [0.2, 0.25) is 0 Å². The lowest BCUT2D eigenvalue weighted by Crippen LogP contribution is -2.25. The lowest BCUT2D eigenvalue weighted by atomic mass is 10.2. The third-order valence-electron chi connectivity index (χ3n) is 2.76. The SMILES string of the molecule is O=S(=O)(OCc1ccccc1)C(F)(F)F.O=[N+]([O-])c1cccc([N+](=O)[O-])c1. The number of benzene rings is 2. The van der Waals surface area contributed by atoms with Gasteiger partial charge in [-0.1, -0.05) is 30.3 Å². The van der Waals surface area contributed by atoms with Crippen LogP contribution in [0.1, 0.15) is 5.56 Å². The van der Waals surface area contributed by atoms with Gasteiger partial charge < -0.3 is 0 Å². The Hall–Kier alpha value is -3.06. The second-order valence-corrected chi connectivity index (χ2v) is 6.29. The largest absolute Gasteiger partial charge is 0.523 e. The summed E-state index contributed by atoms with van der Waals surface area (Å²) in [6, 6.07) is 12.3. The van der Waals surface area contributed by atoms with Gasteiger partial charge in [0, 0.05) is 12.1 Å². The van der Waals surface area contributed by atoms with Crippen LogP contribution in [0, 0.1) is 20.2 Å². The molecular weight excluding hydrogens is 397 g/mol. The highest BCUT2D eigenvalue weighted by molar-refractivity contribution is 7.87. The molecule has 0 N–H and O–H groups in total. The molecule has 9 nitrogen and oxygen atoms in total. The van der Waals surface area contributed by atoms with E-state index in [2.05, 4.69) is 4.18 Å². The van der Waals surface area contributed by atoms with Crippen molar-refractivity contribution < 1.29 is 35.6 Å². The number of hydrogen-bond donors (Lipinski definition) is 0. The van der Waals surface area contributed by atoms with Crippen LogP contribution < -0.4 is 0 Å². The lowest BCUT2D eigenvalue weighted by Gasteiger charge is -2.07. The molecule has 2 aromatic carbocycles.